The first-order chi connectivity index (χ1) is 14.9. The van der Waals surface area contributed by atoms with Crippen LogP contribution in [0.5, 0.6) is 0 Å². The highest BCUT2D eigenvalue weighted by molar-refractivity contribution is 6.22. The lowest BCUT2D eigenvalue weighted by Crippen LogP contribution is -2.45. The van der Waals surface area contributed by atoms with Gasteiger partial charge < -0.3 is 10.6 Å². The molecule has 2 N–H and O–H groups in total. The molecule has 1 heterocycles. The summed E-state index contributed by atoms with van der Waals surface area (Å²) < 4.78 is 39.8. The summed E-state index contributed by atoms with van der Waals surface area (Å²) in [4.78, 5) is 50.5. The highest BCUT2D eigenvalue weighted by Crippen LogP contribution is 2.29. The topological polar surface area (TPSA) is 95.6 Å². The van der Waals surface area contributed by atoms with E-state index in [4.69, 9.17) is 0 Å². The van der Waals surface area contributed by atoms with Crippen LogP contribution in [0.3, 0.4) is 0 Å². The molecule has 1 aliphatic heterocycles. The van der Waals surface area contributed by atoms with Crippen LogP contribution in [0.2, 0.25) is 0 Å². The molecule has 1 aliphatic rings. The van der Waals surface area contributed by atoms with E-state index in [-0.39, 0.29) is 29.8 Å². The normalized spacial score (nSPS) is 13.2. The number of fused-ring (bicyclic) bond motifs is 1. The van der Waals surface area contributed by atoms with Crippen molar-refractivity contribution in [2.45, 2.75) is 26.3 Å². The zero-order valence-corrected chi connectivity index (χ0v) is 17.5. The highest BCUT2D eigenvalue weighted by atomic mass is 19.2. The molecule has 4 amide bonds. The molecule has 2 aromatic carbocycles. The van der Waals surface area contributed by atoms with E-state index in [1.807, 2.05) is 0 Å². The third kappa shape index (κ3) is 4.20. The zero-order chi connectivity index (χ0) is 23.8. The van der Waals surface area contributed by atoms with E-state index in [2.05, 4.69) is 10.6 Å². The van der Waals surface area contributed by atoms with Gasteiger partial charge in [0.1, 0.15) is 0 Å². The molecule has 0 radical (unpaired) electrons. The van der Waals surface area contributed by atoms with Crippen molar-refractivity contribution < 1.29 is 32.3 Å². The molecule has 2 aromatic rings. The number of carbonyl (C=O) groups is 4. The number of imide groups is 1. The number of benzene rings is 2. The van der Waals surface area contributed by atoms with Gasteiger partial charge in [-0.3, -0.25) is 24.1 Å². The van der Waals surface area contributed by atoms with Crippen molar-refractivity contribution in [1.82, 2.24) is 15.5 Å². The van der Waals surface area contributed by atoms with Crippen LogP contribution in [0.4, 0.5) is 13.2 Å². The van der Waals surface area contributed by atoms with Gasteiger partial charge in [0.05, 0.1) is 16.7 Å². The molecule has 0 aliphatic carbocycles. The second-order valence-corrected chi connectivity index (χ2v) is 8.11. The Morgan fingerprint density at radius 1 is 0.844 bits per heavy atom. The highest BCUT2D eigenvalue weighted by Gasteiger charge is 2.42. The molecule has 168 valence electrons. The molecule has 0 saturated carbocycles. The van der Waals surface area contributed by atoms with Crippen molar-refractivity contribution in [3.63, 3.8) is 0 Å². The number of nitrogens with one attached hydrogen (secondary N) is 2. The summed E-state index contributed by atoms with van der Waals surface area (Å²) in [5.74, 6) is -7.22. The Balaban J connectivity index is 1.60. The average molecular weight is 447 g/mol. The van der Waals surface area contributed by atoms with Crippen molar-refractivity contribution in [3.05, 3.63) is 70.0 Å². The molecule has 3 rings (SSSR count). The van der Waals surface area contributed by atoms with Gasteiger partial charge in [0.2, 0.25) is 0 Å². The number of carbonyl (C=O) groups excluding carboxylic acids is 4. The lowest BCUT2D eigenvalue weighted by molar-refractivity contribution is 0.0507. The van der Waals surface area contributed by atoms with E-state index in [0.29, 0.717) is 6.07 Å². The summed E-state index contributed by atoms with van der Waals surface area (Å²) in [5, 5.41) is 4.79. The Hall–Kier alpha value is -3.69. The Bertz CT molecular complexity index is 1140. The van der Waals surface area contributed by atoms with E-state index in [1.54, 1.807) is 20.8 Å². The molecule has 0 saturated heterocycles. The lowest BCUT2D eigenvalue weighted by Gasteiger charge is -2.29. The standard InChI is InChI=1S/C22H20F3N3O4/c1-22(2,3)28-20(31)12-5-4-11(10-14(12)21(28)32)18(29)26-8-9-27-19(30)13-6-7-15(23)17(25)16(13)24/h4-7,10H,8-9H2,1-3H3,(H,26,29)(H,27,30). The maximum absolute atomic E-state index is 13.6. The first-order valence-corrected chi connectivity index (χ1v) is 9.66. The molecule has 0 fully saturated rings. The summed E-state index contributed by atoms with van der Waals surface area (Å²) in [6.07, 6.45) is 0. The lowest BCUT2D eigenvalue weighted by atomic mass is 10.1. The van der Waals surface area contributed by atoms with Crippen molar-refractivity contribution in [2.24, 2.45) is 0 Å². The second-order valence-electron chi connectivity index (χ2n) is 8.11. The van der Waals surface area contributed by atoms with Crippen molar-refractivity contribution in [1.29, 1.82) is 0 Å². The summed E-state index contributed by atoms with van der Waals surface area (Å²) in [7, 11) is 0. The first-order valence-electron chi connectivity index (χ1n) is 9.66. The van der Waals surface area contributed by atoms with Gasteiger partial charge in [-0.1, -0.05) is 0 Å². The van der Waals surface area contributed by atoms with Gasteiger partial charge in [0.15, 0.2) is 17.5 Å². The predicted molar refractivity (Wildman–Crippen MR) is 108 cm³/mol. The number of nitrogens with zero attached hydrogens (tertiary/aromatic N) is 1. The van der Waals surface area contributed by atoms with Gasteiger partial charge in [-0.25, -0.2) is 13.2 Å². The van der Waals surface area contributed by atoms with Crippen LogP contribution in [0.15, 0.2) is 30.3 Å². The Labute approximate surface area is 181 Å². The number of hydrogen-bond donors (Lipinski definition) is 2. The fourth-order valence-corrected chi connectivity index (χ4v) is 3.24. The number of amides is 4. The van der Waals surface area contributed by atoms with E-state index < -0.39 is 52.2 Å². The smallest absolute Gasteiger partial charge is 0.262 e. The molecule has 32 heavy (non-hydrogen) atoms. The molecule has 7 nitrogen and oxygen atoms in total. The largest absolute Gasteiger partial charge is 0.350 e. The maximum atomic E-state index is 13.6. The van der Waals surface area contributed by atoms with Crippen LogP contribution >= 0.6 is 0 Å². The summed E-state index contributed by atoms with van der Waals surface area (Å²) >= 11 is 0. The monoisotopic (exact) mass is 447 g/mol. The third-order valence-corrected chi connectivity index (χ3v) is 4.80. The van der Waals surface area contributed by atoms with Crippen molar-refractivity contribution in [3.8, 4) is 0 Å². The Morgan fingerprint density at radius 2 is 1.44 bits per heavy atom. The Morgan fingerprint density at radius 3 is 2.06 bits per heavy atom. The van der Waals surface area contributed by atoms with Crippen LogP contribution in [0, 0.1) is 17.5 Å². The summed E-state index contributed by atoms with van der Waals surface area (Å²) in [6, 6.07) is 5.58. The van der Waals surface area contributed by atoms with Crippen molar-refractivity contribution in [2.75, 3.05) is 13.1 Å². The Kier molecular flexibility index (Phi) is 6.07. The predicted octanol–water partition coefficient (Wildman–Crippen LogP) is 2.66. The molecule has 0 bridgehead atoms. The van der Waals surface area contributed by atoms with Gasteiger partial charge in [-0.2, -0.15) is 0 Å². The third-order valence-electron chi connectivity index (χ3n) is 4.80. The number of hydrogen-bond acceptors (Lipinski definition) is 4. The minimum atomic E-state index is -1.75. The minimum Gasteiger partial charge on any atom is -0.350 e. The summed E-state index contributed by atoms with van der Waals surface area (Å²) in [6.45, 7) is 4.99. The minimum absolute atomic E-state index is 0.0616. The molecular weight excluding hydrogens is 427 g/mol. The van der Waals surface area contributed by atoms with E-state index >= 15 is 0 Å². The van der Waals surface area contributed by atoms with Crippen LogP contribution in [-0.4, -0.2) is 47.2 Å². The molecule has 0 unspecified atom stereocenters. The quantitative estimate of drug-likeness (QED) is 0.419. The first kappa shape index (κ1) is 23.0. The zero-order valence-electron chi connectivity index (χ0n) is 17.5. The van der Waals surface area contributed by atoms with Gasteiger partial charge in [0, 0.05) is 24.2 Å². The van der Waals surface area contributed by atoms with Gasteiger partial charge in [-0.15, -0.1) is 0 Å². The van der Waals surface area contributed by atoms with E-state index in [9.17, 15) is 32.3 Å². The van der Waals surface area contributed by atoms with Crippen LogP contribution in [0.25, 0.3) is 0 Å². The van der Waals surface area contributed by atoms with Crippen LogP contribution in [-0.2, 0) is 0 Å². The molecule has 0 aromatic heterocycles. The molecule has 0 spiro atoms. The maximum Gasteiger partial charge on any atom is 0.262 e. The summed E-state index contributed by atoms with van der Waals surface area (Å²) in [5.41, 5.74) is -0.915. The average Bonchev–Trinajstić information content (AvgIpc) is 2.99. The second kappa shape index (κ2) is 8.45. The molecule has 10 heteroatoms. The van der Waals surface area contributed by atoms with Crippen LogP contribution in [0.1, 0.15) is 62.2 Å². The van der Waals surface area contributed by atoms with Gasteiger partial charge in [-0.05, 0) is 51.1 Å². The van der Waals surface area contributed by atoms with Gasteiger partial charge >= 0.3 is 0 Å². The molecule has 0 atom stereocenters. The SMILES string of the molecule is CC(C)(C)N1C(=O)c2ccc(C(=O)NCCNC(=O)c3ccc(F)c(F)c3F)cc2C1=O. The van der Waals surface area contributed by atoms with Crippen molar-refractivity contribution >= 4 is 23.6 Å². The van der Waals surface area contributed by atoms with E-state index in [1.165, 1.54) is 18.2 Å². The van der Waals surface area contributed by atoms with Crippen LogP contribution < -0.4 is 10.6 Å². The van der Waals surface area contributed by atoms with E-state index in [0.717, 1.165) is 11.0 Å². The number of halogens is 3. The fourth-order valence-electron chi connectivity index (χ4n) is 3.24. The number of rotatable bonds is 5. The molecular formula is C22H20F3N3O4. The van der Waals surface area contributed by atoms with Gasteiger partial charge in [0.25, 0.3) is 23.6 Å². The fraction of sp³-hybridized carbons (Fsp3) is 0.273.